The van der Waals surface area contributed by atoms with E-state index >= 15 is 0 Å². The summed E-state index contributed by atoms with van der Waals surface area (Å²) < 4.78 is 26.3. The molecule has 9 nitrogen and oxygen atoms in total. The zero-order valence-electron chi connectivity index (χ0n) is 34.0. The zero-order chi connectivity index (χ0) is 39.8. The first-order chi connectivity index (χ1) is 26.2. The minimum absolute atomic E-state index is 0.174. The van der Waals surface area contributed by atoms with Crippen molar-refractivity contribution in [1.29, 1.82) is 0 Å². The van der Waals surface area contributed by atoms with Gasteiger partial charge in [-0.15, -0.1) is 0 Å². The van der Waals surface area contributed by atoms with Gasteiger partial charge in [-0.2, -0.15) is 0 Å². The molecule has 312 valence electrons. The van der Waals surface area contributed by atoms with Crippen LogP contribution in [-0.2, 0) is 28.2 Å². The van der Waals surface area contributed by atoms with Crippen molar-refractivity contribution < 1.29 is 43.0 Å². The topological polar surface area (TPSA) is 140 Å². The van der Waals surface area contributed by atoms with E-state index in [1.54, 1.807) is 6.08 Å². The highest BCUT2D eigenvalue weighted by Crippen LogP contribution is 2.36. The highest BCUT2D eigenvalue weighted by atomic mass is 31.2. The van der Waals surface area contributed by atoms with E-state index in [4.69, 9.17) is 19.3 Å². The van der Waals surface area contributed by atoms with Gasteiger partial charge in [0, 0.05) is 12.8 Å². The SMILES string of the molecule is CCCCCCCCCCCCCCCCCCCCC(=O)O[C@H](COC(=O)CCC/C=C\C/C=C\C/C=C\C/C=C\C=C\[C@@H](O)CC)COP(=O)(O)O. The van der Waals surface area contributed by atoms with E-state index in [-0.39, 0.29) is 25.6 Å². The Morgan fingerprint density at radius 3 is 1.54 bits per heavy atom. The minimum atomic E-state index is -4.78. The molecule has 0 rings (SSSR count). The largest absolute Gasteiger partial charge is 0.469 e. The number of hydrogen-bond donors (Lipinski definition) is 3. The smallest absolute Gasteiger partial charge is 0.462 e. The van der Waals surface area contributed by atoms with Crippen LogP contribution in [0, 0.1) is 0 Å². The number of rotatable bonds is 38. The van der Waals surface area contributed by atoms with Crippen LogP contribution in [0.2, 0.25) is 0 Å². The van der Waals surface area contributed by atoms with Crippen LogP contribution in [0.15, 0.2) is 60.8 Å². The number of aliphatic hydroxyl groups excluding tert-OH is 1. The molecule has 0 heterocycles. The van der Waals surface area contributed by atoms with Crippen LogP contribution in [0.4, 0.5) is 0 Å². The number of aliphatic hydroxyl groups is 1. The van der Waals surface area contributed by atoms with Crippen LogP contribution >= 0.6 is 7.82 Å². The van der Waals surface area contributed by atoms with Gasteiger partial charge in [0.05, 0.1) is 12.7 Å². The molecule has 0 aromatic rings. The van der Waals surface area contributed by atoms with Crippen molar-refractivity contribution in [3.8, 4) is 0 Å². The van der Waals surface area contributed by atoms with Crippen molar-refractivity contribution in [3.05, 3.63) is 60.8 Å². The van der Waals surface area contributed by atoms with Gasteiger partial charge in [0.25, 0.3) is 0 Å². The molecule has 0 aliphatic heterocycles. The van der Waals surface area contributed by atoms with E-state index in [9.17, 15) is 19.3 Å². The van der Waals surface area contributed by atoms with Crippen LogP contribution in [-0.4, -0.2) is 52.3 Å². The van der Waals surface area contributed by atoms with Gasteiger partial charge in [0.15, 0.2) is 6.10 Å². The van der Waals surface area contributed by atoms with Gasteiger partial charge in [0.1, 0.15) is 6.61 Å². The molecule has 0 aromatic carbocycles. The summed E-state index contributed by atoms with van der Waals surface area (Å²) in [7, 11) is -4.78. The maximum atomic E-state index is 12.4. The van der Waals surface area contributed by atoms with Gasteiger partial charge in [0.2, 0.25) is 0 Å². The fourth-order valence-electron chi connectivity index (χ4n) is 5.65. The fraction of sp³-hybridized carbons (Fsp3) is 0.727. The van der Waals surface area contributed by atoms with Crippen molar-refractivity contribution in [1.82, 2.24) is 0 Å². The van der Waals surface area contributed by atoms with Crippen molar-refractivity contribution in [2.45, 2.75) is 193 Å². The molecule has 0 unspecified atom stereocenters. The molecule has 0 fully saturated rings. The number of unbranched alkanes of at least 4 members (excludes halogenated alkanes) is 18. The van der Waals surface area contributed by atoms with Crippen molar-refractivity contribution in [3.63, 3.8) is 0 Å². The van der Waals surface area contributed by atoms with Crippen molar-refractivity contribution >= 4 is 19.8 Å². The van der Waals surface area contributed by atoms with Crippen LogP contribution in [0.5, 0.6) is 0 Å². The number of esters is 2. The molecule has 54 heavy (non-hydrogen) atoms. The lowest BCUT2D eigenvalue weighted by molar-refractivity contribution is -0.161. The summed E-state index contributed by atoms with van der Waals surface area (Å²) in [5.41, 5.74) is 0. The number of ether oxygens (including phenoxy) is 2. The number of hydrogen-bond acceptors (Lipinski definition) is 7. The fourth-order valence-corrected chi connectivity index (χ4v) is 6.02. The molecule has 0 saturated heterocycles. The highest BCUT2D eigenvalue weighted by Gasteiger charge is 2.22. The van der Waals surface area contributed by atoms with Gasteiger partial charge in [-0.3, -0.25) is 14.1 Å². The Morgan fingerprint density at radius 1 is 0.574 bits per heavy atom. The van der Waals surface area contributed by atoms with E-state index < -0.39 is 32.5 Å². The predicted molar refractivity (Wildman–Crippen MR) is 222 cm³/mol. The minimum Gasteiger partial charge on any atom is -0.462 e. The Labute approximate surface area is 329 Å². The number of allylic oxidation sites excluding steroid dienone is 9. The second-order valence-corrected chi connectivity index (χ2v) is 15.4. The summed E-state index contributed by atoms with van der Waals surface area (Å²) in [6, 6.07) is 0. The molecule has 0 bridgehead atoms. The quantitative estimate of drug-likeness (QED) is 0.0184. The molecule has 0 aliphatic rings. The van der Waals surface area contributed by atoms with Gasteiger partial charge < -0.3 is 24.4 Å². The second kappa shape index (κ2) is 39.0. The highest BCUT2D eigenvalue weighted by molar-refractivity contribution is 7.46. The summed E-state index contributed by atoms with van der Waals surface area (Å²) in [6.45, 7) is 3.32. The van der Waals surface area contributed by atoms with Gasteiger partial charge in [-0.25, -0.2) is 4.57 Å². The van der Waals surface area contributed by atoms with E-state index in [1.165, 1.54) is 89.9 Å². The summed E-state index contributed by atoms with van der Waals surface area (Å²) in [5.74, 6) is -0.970. The Morgan fingerprint density at radius 2 is 1.04 bits per heavy atom. The number of carbonyl (C=O) groups is 2. The molecule has 0 spiro atoms. The Bertz CT molecular complexity index is 1080. The van der Waals surface area contributed by atoms with E-state index in [2.05, 4.69) is 35.8 Å². The molecule has 0 radical (unpaired) electrons. The van der Waals surface area contributed by atoms with Crippen LogP contribution in [0.25, 0.3) is 0 Å². The number of phosphoric ester groups is 1. The van der Waals surface area contributed by atoms with Gasteiger partial charge in [-0.1, -0.05) is 184 Å². The summed E-state index contributed by atoms with van der Waals surface area (Å²) in [5, 5.41) is 9.45. The summed E-state index contributed by atoms with van der Waals surface area (Å²) >= 11 is 0. The maximum absolute atomic E-state index is 12.4. The predicted octanol–water partition coefficient (Wildman–Crippen LogP) is 11.9. The van der Waals surface area contributed by atoms with E-state index in [0.717, 1.165) is 38.5 Å². The average Bonchev–Trinajstić information content (AvgIpc) is 3.14. The van der Waals surface area contributed by atoms with Gasteiger partial charge in [-0.05, 0) is 44.9 Å². The lowest BCUT2D eigenvalue weighted by Crippen LogP contribution is -2.29. The first-order valence-corrected chi connectivity index (χ1v) is 22.7. The van der Waals surface area contributed by atoms with Crippen LogP contribution in [0.1, 0.15) is 181 Å². The molecule has 0 aromatic heterocycles. The third-order valence-corrected chi connectivity index (χ3v) is 9.44. The number of phosphoric acid groups is 1. The zero-order valence-corrected chi connectivity index (χ0v) is 34.9. The molecule has 10 heteroatoms. The monoisotopic (exact) mass is 781 g/mol. The molecule has 0 saturated carbocycles. The third-order valence-electron chi connectivity index (χ3n) is 8.96. The normalized spacial score (nSPS) is 13.6. The first-order valence-electron chi connectivity index (χ1n) is 21.2. The lowest BCUT2D eigenvalue weighted by atomic mass is 10.0. The molecule has 0 aliphatic carbocycles. The summed E-state index contributed by atoms with van der Waals surface area (Å²) in [4.78, 5) is 42.8. The third kappa shape index (κ3) is 40.9. The average molecular weight is 781 g/mol. The Hall–Kier alpha value is -2.29. The molecular formula is C44H77O9P. The molecule has 0 amide bonds. The molecule has 2 atom stereocenters. The standard InChI is InChI=1S/C44H77O9P/c1-3-5-6-7-8-9-10-11-12-13-14-15-20-23-26-29-32-35-38-44(47)53-42(40-52-54(48,49)50)39-51-43(46)37-34-31-28-25-22-19-17-16-18-21-24-27-30-33-36-41(45)4-2/h17-19,21,25,27-28,30,33,36,41-42,45H,3-16,20,22-24,26,29,31-32,34-35,37-40H2,1-2H3,(H2,48,49,50)/b19-17-,21-18-,28-25-,30-27-,36-33+/t41-,42+/m0/s1. The van der Waals surface area contributed by atoms with Crippen molar-refractivity contribution in [2.24, 2.45) is 0 Å². The molecule has 3 N–H and O–H groups in total. The van der Waals surface area contributed by atoms with Crippen LogP contribution < -0.4 is 0 Å². The van der Waals surface area contributed by atoms with E-state index in [0.29, 0.717) is 25.7 Å². The summed E-state index contributed by atoms with van der Waals surface area (Å²) in [6.07, 6.45) is 46.1. The van der Waals surface area contributed by atoms with Crippen molar-refractivity contribution in [2.75, 3.05) is 13.2 Å². The molecular weight excluding hydrogens is 703 g/mol. The first kappa shape index (κ1) is 51.7. The van der Waals surface area contributed by atoms with E-state index in [1.807, 2.05) is 37.3 Å². The number of carbonyl (C=O) groups excluding carboxylic acids is 2. The second-order valence-electron chi connectivity index (χ2n) is 14.1. The maximum Gasteiger partial charge on any atom is 0.469 e. The van der Waals surface area contributed by atoms with Crippen LogP contribution in [0.3, 0.4) is 0 Å². The Balaban J connectivity index is 4.01. The lowest BCUT2D eigenvalue weighted by Gasteiger charge is -2.18. The Kier molecular flexibility index (Phi) is 37.3. The van der Waals surface area contributed by atoms with Gasteiger partial charge >= 0.3 is 19.8 Å².